The molecule has 0 N–H and O–H groups in total. The van der Waals surface area contributed by atoms with Crippen molar-refractivity contribution in [1.82, 2.24) is 0 Å². The van der Waals surface area contributed by atoms with Gasteiger partial charge in [0.1, 0.15) is 0 Å². The molecule has 0 saturated carbocycles. The Morgan fingerprint density at radius 1 is 0.484 bits per heavy atom. The molecular formula is C28H27NP2. The maximum absolute atomic E-state index is 4.86. The molecule has 0 amide bonds. The van der Waals surface area contributed by atoms with Crippen molar-refractivity contribution < 1.29 is 0 Å². The molecule has 0 radical (unpaired) electrons. The summed E-state index contributed by atoms with van der Waals surface area (Å²) in [6.07, 6.45) is 4.22. The molecule has 4 rings (SSSR count). The predicted molar refractivity (Wildman–Crippen MR) is 141 cm³/mol. The van der Waals surface area contributed by atoms with Crippen molar-refractivity contribution in [2.45, 2.75) is 0 Å². The standard InChI is InChI=1S/C28H27NP2/c1-5-13-25(14-6-1)30(26-15-7-2-8-16-26)23-21-29-22-24-31(27-17-9-3-10-18-27)28-19-11-4-12-20-28/h1-21H,22-24H2. The second-order valence-corrected chi connectivity index (χ2v) is 11.8. The fourth-order valence-corrected chi connectivity index (χ4v) is 7.84. The van der Waals surface area contributed by atoms with Gasteiger partial charge in [-0.2, -0.15) is 0 Å². The molecule has 0 fully saturated rings. The highest BCUT2D eigenvalue weighted by molar-refractivity contribution is 7.73. The fourth-order valence-electron chi connectivity index (χ4n) is 3.59. The van der Waals surface area contributed by atoms with E-state index in [-0.39, 0.29) is 7.92 Å². The van der Waals surface area contributed by atoms with Gasteiger partial charge in [-0.15, -0.1) is 0 Å². The molecule has 154 valence electrons. The maximum atomic E-state index is 4.86. The molecule has 0 saturated heterocycles. The lowest BCUT2D eigenvalue weighted by Gasteiger charge is -2.18. The zero-order chi connectivity index (χ0) is 21.1. The number of hydrogen-bond acceptors (Lipinski definition) is 1. The van der Waals surface area contributed by atoms with Crippen LogP contribution in [-0.2, 0) is 0 Å². The zero-order valence-corrected chi connectivity index (χ0v) is 19.4. The van der Waals surface area contributed by atoms with Crippen molar-refractivity contribution in [3.63, 3.8) is 0 Å². The van der Waals surface area contributed by atoms with Crippen LogP contribution < -0.4 is 21.2 Å². The van der Waals surface area contributed by atoms with Crippen molar-refractivity contribution in [2.75, 3.05) is 18.9 Å². The number of aliphatic imine (C=N–C) groups is 1. The quantitative estimate of drug-likeness (QED) is 0.247. The molecule has 1 nitrogen and oxygen atoms in total. The van der Waals surface area contributed by atoms with Crippen molar-refractivity contribution in [3.8, 4) is 0 Å². The minimum atomic E-state index is -0.414. The summed E-state index contributed by atoms with van der Waals surface area (Å²) in [4.78, 5) is 4.86. The summed E-state index contributed by atoms with van der Waals surface area (Å²) in [5, 5.41) is 5.67. The van der Waals surface area contributed by atoms with E-state index >= 15 is 0 Å². The van der Waals surface area contributed by atoms with Crippen molar-refractivity contribution in [2.24, 2.45) is 4.99 Å². The second kappa shape index (κ2) is 11.7. The third-order valence-electron chi connectivity index (χ3n) is 5.12. The maximum Gasteiger partial charge on any atom is 0.0430 e. The summed E-state index contributed by atoms with van der Waals surface area (Å²) in [5.41, 5.74) is 0. The van der Waals surface area contributed by atoms with Gasteiger partial charge in [-0.1, -0.05) is 121 Å². The fraction of sp³-hybridized carbons (Fsp3) is 0.107. The minimum Gasteiger partial charge on any atom is -0.297 e. The molecule has 3 heteroatoms. The number of benzene rings is 4. The minimum absolute atomic E-state index is 0.379. The highest BCUT2D eigenvalue weighted by atomic mass is 31.1. The molecule has 4 aromatic rings. The van der Waals surface area contributed by atoms with E-state index < -0.39 is 7.92 Å². The predicted octanol–water partition coefficient (Wildman–Crippen LogP) is 5.32. The largest absolute Gasteiger partial charge is 0.297 e. The molecular weight excluding hydrogens is 412 g/mol. The van der Waals surface area contributed by atoms with Gasteiger partial charge in [0, 0.05) is 18.9 Å². The monoisotopic (exact) mass is 439 g/mol. The van der Waals surface area contributed by atoms with Crippen LogP contribution in [-0.4, -0.2) is 25.1 Å². The van der Waals surface area contributed by atoms with Gasteiger partial charge in [-0.25, -0.2) is 0 Å². The lowest BCUT2D eigenvalue weighted by molar-refractivity contribution is 1.15. The summed E-state index contributed by atoms with van der Waals surface area (Å²) >= 11 is 0. The Kier molecular flexibility index (Phi) is 8.17. The Morgan fingerprint density at radius 2 is 0.839 bits per heavy atom. The molecule has 0 aliphatic rings. The van der Waals surface area contributed by atoms with E-state index in [4.69, 9.17) is 4.99 Å². The van der Waals surface area contributed by atoms with E-state index in [2.05, 4.69) is 128 Å². The van der Waals surface area contributed by atoms with Crippen LogP contribution in [0.3, 0.4) is 0 Å². The van der Waals surface area contributed by atoms with Crippen molar-refractivity contribution in [1.29, 1.82) is 0 Å². The second-order valence-electron chi connectivity index (χ2n) is 7.19. The molecule has 0 unspecified atom stereocenters. The van der Waals surface area contributed by atoms with Gasteiger partial charge in [0.25, 0.3) is 0 Å². The average molecular weight is 439 g/mol. The Labute approximate surface area is 188 Å². The van der Waals surface area contributed by atoms with Gasteiger partial charge < -0.3 is 0 Å². The molecule has 31 heavy (non-hydrogen) atoms. The van der Waals surface area contributed by atoms with Gasteiger partial charge in [-0.05, 0) is 43.2 Å². The first kappa shape index (κ1) is 21.6. The van der Waals surface area contributed by atoms with Gasteiger partial charge in [0.15, 0.2) is 0 Å². The molecule has 0 aromatic heterocycles. The molecule has 0 spiro atoms. The third-order valence-corrected chi connectivity index (χ3v) is 9.98. The first-order valence-corrected chi connectivity index (χ1v) is 13.7. The van der Waals surface area contributed by atoms with E-state index in [9.17, 15) is 0 Å². The zero-order valence-electron chi connectivity index (χ0n) is 17.6. The van der Waals surface area contributed by atoms with Gasteiger partial charge in [0.05, 0.1) is 0 Å². The number of rotatable bonds is 9. The molecule has 4 aromatic carbocycles. The van der Waals surface area contributed by atoms with Crippen LogP contribution >= 0.6 is 15.8 Å². The Bertz CT molecular complexity index is 972. The van der Waals surface area contributed by atoms with E-state index in [1.165, 1.54) is 21.2 Å². The third kappa shape index (κ3) is 6.20. The summed E-state index contributed by atoms with van der Waals surface area (Å²) < 4.78 is 0. The van der Waals surface area contributed by atoms with Crippen molar-refractivity contribution >= 4 is 43.3 Å². The summed E-state index contributed by atoms with van der Waals surface area (Å²) in [6, 6.07) is 43.5. The smallest absolute Gasteiger partial charge is 0.0430 e. The van der Waals surface area contributed by atoms with Gasteiger partial charge in [0.2, 0.25) is 0 Å². The van der Waals surface area contributed by atoms with Crippen LogP contribution in [0.4, 0.5) is 0 Å². The lowest BCUT2D eigenvalue weighted by atomic mass is 10.4. The van der Waals surface area contributed by atoms with Crippen LogP contribution in [0.25, 0.3) is 0 Å². The van der Waals surface area contributed by atoms with Crippen molar-refractivity contribution in [3.05, 3.63) is 121 Å². The lowest BCUT2D eigenvalue weighted by Crippen LogP contribution is -2.16. The first-order chi connectivity index (χ1) is 15.4. The van der Waals surface area contributed by atoms with Crippen LogP contribution in [0.1, 0.15) is 0 Å². The highest BCUT2D eigenvalue weighted by Crippen LogP contribution is 2.34. The molecule has 0 aliphatic heterocycles. The van der Waals surface area contributed by atoms with E-state index in [0.717, 1.165) is 18.9 Å². The van der Waals surface area contributed by atoms with E-state index in [1.807, 2.05) is 0 Å². The molecule has 0 atom stereocenters. The van der Waals surface area contributed by atoms with Crippen LogP contribution in [0.2, 0.25) is 0 Å². The Morgan fingerprint density at radius 3 is 1.23 bits per heavy atom. The Hall–Kier alpha value is -2.59. The van der Waals surface area contributed by atoms with E-state index in [0.29, 0.717) is 0 Å². The SMILES string of the molecule is C(CP(c1ccccc1)c1ccccc1)=NCCP(c1ccccc1)c1ccccc1. The molecule has 0 bridgehead atoms. The topological polar surface area (TPSA) is 12.4 Å². The van der Waals surface area contributed by atoms with Crippen LogP contribution in [0.15, 0.2) is 126 Å². The summed E-state index contributed by atoms with van der Waals surface area (Å²) in [5.74, 6) is 0. The van der Waals surface area contributed by atoms with Crippen LogP contribution in [0, 0.1) is 0 Å². The first-order valence-electron chi connectivity index (χ1n) is 10.7. The normalized spacial score (nSPS) is 11.4. The van der Waals surface area contributed by atoms with Gasteiger partial charge in [-0.3, -0.25) is 4.99 Å². The molecule has 0 heterocycles. The molecule has 0 aliphatic carbocycles. The summed E-state index contributed by atoms with van der Waals surface area (Å²) in [7, 11) is -0.793. The van der Waals surface area contributed by atoms with Gasteiger partial charge >= 0.3 is 0 Å². The Balaban J connectivity index is 1.44. The number of nitrogens with zero attached hydrogens (tertiary/aromatic N) is 1. The summed E-state index contributed by atoms with van der Waals surface area (Å²) in [6.45, 7) is 0.863. The highest BCUT2D eigenvalue weighted by Gasteiger charge is 2.13. The number of hydrogen-bond donors (Lipinski definition) is 0. The van der Waals surface area contributed by atoms with E-state index in [1.54, 1.807) is 0 Å². The average Bonchev–Trinajstić information content (AvgIpc) is 2.86. The van der Waals surface area contributed by atoms with Crippen LogP contribution in [0.5, 0.6) is 0 Å².